The van der Waals surface area contributed by atoms with Crippen molar-refractivity contribution in [1.82, 2.24) is 9.97 Å². The fourth-order valence-electron chi connectivity index (χ4n) is 1.94. The summed E-state index contributed by atoms with van der Waals surface area (Å²) in [7, 11) is 0. The minimum absolute atomic E-state index is 0.00917. The molecule has 0 amide bonds. The van der Waals surface area contributed by atoms with E-state index < -0.39 is 4.92 Å². The monoisotopic (exact) mass is 388 g/mol. The Hall–Kier alpha value is -1.67. The predicted octanol–water partition coefficient (Wildman–Crippen LogP) is 5.17. The first-order valence-electron chi connectivity index (χ1n) is 6.23. The van der Waals surface area contributed by atoms with Gasteiger partial charge in [-0.25, -0.2) is 4.98 Å². The molecular formula is C13H7Cl3N4O2S. The molecule has 0 saturated heterocycles. The molecule has 6 nitrogen and oxygen atoms in total. The molecule has 3 rings (SSSR count). The number of anilines is 1. The Morgan fingerprint density at radius 1 is 1.22 bits per heavy atom. The molecule has 2 heterocycles. The predicted molar refractivity (Wildman–Crippen MR) is 92.9 cm³/mol. The summed E-state index contributed by atoms with van der Waals surface area (Å²) >= 11 is 18.8. The van der Waals surface area contributed by atoms with Gasteiger partial charge in [-0.1, -0.05) is 40.6 Å². The highest BCUT2D eigenvalue weighted by Gasteiger charge is 2.17. The number of hydrogen-bond donors (Lipinski definition) is 1. The number of nitrogens with one attached hydrogen (secondary N) is 1. The van der Waals surface area contributed by atoms with Crippen molar-refractivity contribution in [2.24, 2.45) is 0 Å². The standard InChI is InChI=1S/C13H7Cl3N4O2S/c14-7-2-1-6(8(15)3-7)5-17-12-11-9(18-13(16)19-12)4-10(23-11)20(21)22/h1-4H,5H2,(H,17,18,19). The van der Waals surface area contributed by atoms with E-state index in [0.717, 1.165) is 16.9 Å². The maximum Gasteiger partial charge on any atom is 0.327 e. The number of hydrogen-bond acceptors (Lipinski definition) is 6. The molecule has 0 atom stereocenters. The number of benzene rings is 1. The normalized spacial score (nSPS) is 10.9. The molecule has 0 saturated carbocycles. The van der Waals surface area contributed by atoms with Crippen LogP contribution in [0.15, 0.2) is 24.3 Å². The highest BCUT2D eigenvalue weighted by molar-refractivity contribution is 7.22. The fraction of sp³-hybridized carbons (Fsp3) is 0.0769. The number of rotatable bonds is 4. The van der Waals surface area contributed by atoms with Gasteiger partial charge in [-0.05, 0) is 29.3 Å². The number of nitrogens with zero attached hydrogens (tertiary/aromatic N) is 3. The summed E-state index contributed by atoms with van der Waals surface area (Å²) < 4.78 is 0.561. The van der Waals surface area contributed by atoms with Gasteiger partial charge in [0.25, 0.3) is 0 Å². The Morgan fingerprint density at radius 2 is 2.00 bits per heavy atom. The molecule has 0 radical (unpaired) electrons. The van der Waals surface area contributed by atoms with Crippen LogP contribution in [0, 0.1) is 10.1 Å². The molecule has 1 aromatic carbocycles. The summed E-state index contributed by atoms with van der Waals surface area (Å²) in [6.07, 6.45) is 0. The van der Waals surface area contributed by atoms with Gasteiger partial charge in [-0.2, -0.15) is 4.98 Å². The van der Waals surface area contributed by atoms with Gasteiger partial charge in [0.1, 0.15) is 10.5 Å². The van der Waals surface area contributed by atoms with Gasteiger partial charge in [0.05, 0.1) is 16.5 Å². The second-order valence-corrected chi connectivity index (χ2v) is 6.70. The zero-order valence-electron chi connectivity index (χ0n) is 11.2. The third-order valence-electron chi connectivity index (χ3n) is 2.97. The van der Waals surface area contributed by atoms with E-state index in [1.165, 1.54) is 6.07 Å². The van der Waals surface area contributed by atoms with Crippen molar-refractivity contribution < 1.29 is 4.92 Å². The maximum atomic E-state index is 10.9. The van der Waals surface area contributed by atoms with Gasteiger partial charge in [-0.15, -0.1) is 0 Å². The molecule has 0 unspecified atom stereocenters. The maximum absolute atomic E-state index is 10.9. The average molecular weight is 390 g/mol. The molecular weight excluding hydrogens is 383 g/mol. The molecule has 3 aromatic rings. The Morgan fingerprint density at radius 3 is 2.70 bits per heavy atom. The second-order valence-electron chi connectivity index (χ2n) is 4.49. The molecule has 0 fully saturated rings. The van der Waals surface area contributed by atoms with E-state index in [1.807, 2.05) is 0 Å². The zero-order chi connectivity index (χ0) is 16.6. The Bertz CT molecular complexity index is 916. The van der Waals surface area contributed by atoms with Gasteiger partial charge in [-0.3, -0.25) is 10.1 Å². The summed E-state index contributed by atoms with van der Waals surface area (Å²) in [4.78, 5) is 18.5. The van der Waals surface area contributed by atoms with Crippen LogP contribution in [0.25, 0.3) is 10.2 Å². The number of nitro groups is 1. The molecule has 0 spiro atoms. The van der Waals surface area contributed by atoms with Crippen LogP contribution in [0.1, 0.15) is 5.56 Å². The van der Waals surface area contributed by atoms with Crippen LogP contribution in [0.4, 0.5) is 10.8 Å². The van der Waals surface area contributed by atoms with E-state index in [-0.39, 0.29) is 10.3 Å². The van der Waals surface area contributed by atoms with Gasteiger partial charge in [0.2, 0.25) is 5.28 Å². The molecule has 1 N–H and O–H groups in total. The number of aromatic nitrogens is 2. The van der Waals surface area contributed by atoms with Crippen molar-refractivity contribution in [3.63, 3.8) is 0 Å². The molecule has 0 bridgehead atoms. The lowest BCUT2D eigenvalue weighted by Crippen LogP contribution is -2.03. The van der Waals surface area contributed by atoms with Crippen LogP contribution in [-0.2, 0) is 6.54 Å². The SMILES string of the molecule is O=[N+]([O-])c1cc2nc(Cl)nc(NCc3ccc(Cl)cc3Cl)c2s1. The van der Waals surface area contributed by atoms with Gasteiger partial charge >= 0.3 is 5.00 Å². The summed E-state index contributed by atoms with van der Waals surface area (Å²) in [5, 5.41) is 15.0. The number of fused-ring (bicyclic) bond motifs is 1. The van der Waals surface area contributed by atoms with E-state index in [2.05, 4.69) is 15.3 Å². The first kappa shape index (κ1) is 16.2. The van der Waals surface area contributed by atoms with Gasteiger partial charge < -0.3 is 5.32 Å². The number of halogens is 3. The van der Waals surface area contributed by atoms with Crippen molar-refractivity contribution in [3.8, 4) is 0 Å². The van der Waals surface area contributed by atoms with Crippen molar-refractivity contribution in [3.05, 3.63) is 55.3 Å². The third kappa shape index (κ3) is 3.48. The Kier molecular flexibility index (Phi) is 4.54. The molecule has 10 heteroatoms. The van der Waals surface area contributed by atoms with E-state index in [9.17, 15) is 10.1 Å². The molecule has 118 valence electrons. The lowest BCUT2D eigenvalue weighted by Gasteiger charge is -2.08. The highest BCUT2D eigenvalue weighted by atomic mass is 35.5. The zero-order valence-corrected chi connectivity index (χ0v) is 14.3. The van der Waals surface area contributed by atoms with Crippen LogP contribution >= 0.6 is 46.1 Å². The summed E-state index contributed by atoms with van der Waals surface area (Å²) in [6, 6.07) is 6.52. The van der Waals surface area contributed by atoms with Crippen LogP contribution < -0.4 is 5.32 Å². The first-order chi connectivity index (χ1) is 10.9. The quantitative estimate of drug-likeness (QED) is 0.378. The van der Waals surface area contributed by atoms with Crippen molar-refractivity contribution >= 4 is 67.2 Å². The minimum Gasteiger partial charge on any atom is -0.365 e. The largest absolute Gasteiger partial charge is 0.365 e. The summed E-state index contributed by atoms with van der Waals surface area (Å²) in [5.41, 5.74) is 1.23. The molecule has 0 aliphatic heterocycles. The average Bonchev–Trinajstić information content (AvgIpc) is 2.90. The lowest BCUT2D eigenvalue weighted by molar-refractivity contribution is -0.380. The lowest BCUT2D eigenvalue weighted by atomic mass is 10.2. The Balaban J connectivity index is 1.94. The van der Waals surface area contributed by atoms with Crippen molar-refractivity contribution in [2.75, 3.05) is 5.32 Å². The Labute approximate surface area is 149 Å². The molecule has 2 aromatic heterocycles. The highest BCUT2D eigenvalue weighted by Crippen LogP contribution is 2.35. The topological polar surface area (TPSA) is 81.0 Å². The van der Waals surface area contributed by atoms with Crippen LogP contribution in [0.3, 0.4) is 0 Å². The van der Waals surface area contributed by atoms with E-state index in [4.69, 9.17) is 34.8 Å². The van der Waals surface area contributed by atoms with E-state index in [0.29, 0.717) is 32.6 Å². The second kappa shape index (κ2) is 6.45. The van der Waals surface area contributed by atoms with Crippen LogP contribution in [0.2, 0.25) is 15.3 Å². The van der Waals surface area contributed by atoms with Crippen molar-refractivity contribution in [1.29, 1.82) is 0 Å². The van der Waals surface area contributed by atoms with Crippen molar-refractivity contribution in [2.45, 2.75) is 6.54 Å². The smallest absolute Gasteiger partial charge is 0.327 e. The fourth-order valence-corrected chi connectivity index (χ4v) is 3.47. The summed E-state index contributed by atoms with van der Waals surface area (Å²) in [6.45, 7) is 0.365. The molecule has 0 aliphatic rings. The third-order valence-corrected chi connectivity index (χ3v) is 4.81. The van der Waals surface area contributed by atoms with E-state index in [1.54, 1.807) is 18.2 Å². The van der Waals surface area contributed by atoms with Gasteiger partial charge in [0, 0.05) is 16.6 Å². The van der Waals surface area contributed by atoms with Crippen LogP contribution in [-0.4, -0.2) is 14.9 Å². The van der Waals surface area contributed by atoms with Gasteiger partial charge in [0.15, 0.2) is 0 Å². The molecule has 23 heavy (non-hydrogen) atoms. The minimum atomic E-state index is -0.472. The molecule has 0 aliphatic carbocycles. The summed E-state index contributed by atoms with van der Waals surface area (Å²) in [5.74, 6) is 0.420. The first-order valence-corrected chi connectivity index (χ1v) is 8.18. The van der Waals surface area contributed by atoms with E-state index >= 15 is 0 Å². The number of thiophene rings is 1. The van der Waals surface area contributed by atoms with Crippen LogP contribution in [0.5, 0.6) is 0 Å².